The first kappa shape index (κ1) is 18.1. The predicted octanol–water partition coefficient (Wildman–Crippen LogP) is -0.204. The third-order valence-electron chi connectivity index (χ3n) is 3.71. The zero-order chi connectivity index (χ0) is 12.9. The summed E-state index contributed by atoms with van der Waals surface area (Å²) in [5.41, 5.74) is -0.869. The lowest BCUT2D eigenvalue weighted by atomic mass is 9.79. The van der Waals surface area contributed by atoms with Gasteiger partial charge in [-0.1, -0.05) is 32.6 Å². The smallest absolute Gasteiger partial charge is 0.109 e. The molecule has 0 saturated carbocycles. The Balaban J connectivity index is 0.00000289. The first-order valence-corrected chi connectivity index (χ1v) is 6.47. The van der Waals surface area contributed by atoms with Crippen molar-refractivity contribution in [3.05, 3.63) is 0 Å². The molecular formula is C12H26ClNO4. The van der Waals surface area contributed by atoms with Crippen molar-refractivity contribution in [1.29, 1.82) is 0 Å². The fourth-order valence-electron chi connectivity index (χ4n) is 2.40. The highest BCUT2D eigenvalue weighted by molar-refractivity contribution is 5.85. The minimum absolute atomic E-state index is 0. The van der Waals surface area contributed by atoms with Gasteiger partial charge in [-0.25, -0.2) is 0 Å². The Morgan fingerprint density at radius 1 is 1.17 bits per heavy atom. The van der Waals surface area contributed by atoms with E-state index < -0.39 is 23.9 Å². The van der Waals surface area contributed by atoms with Gasteiger partial charge in [0.15, 0.2) is 0 Å². The SMILES string of the molecule is CCCCCC[C@]1(CO)NC[C@H](O)[C@@H](O)[C@@H]1O.Cl. The molecular weight excluding hydrogens is 258 g/mol. The highest BCUT2D eigenvalue weighted by Gasteiger charge is 2.46. The van der Waals surface area contributed by atoms with Gasteiger partial charge in [0.25, 0.3) is 0 Å². The quantitative estimate of drug-likeness (QED) is 0.435. The molecule has 110 valence electrons. The Morgan fingerprint density at radius 2 is 1.83 bits per heavy atom. The van der Waals surface area contributed by atoms with E-state index in [-0.39, 0.29) is 25.6 Å². The van der Waals surface area contributed by atoms with Crippen molar-refractivity contribution < 1.29 is 20.4 Å². The number of β-amino-alcohol motifs (C(OH)–C–C–N with tert-alkyl or cyclic N) is 1. The molecule has 4 atom stereocenters. The summed E-state index contributed by atoms with van der Waals surface area (Å²) in [6.45, 7) is 2.09. The molecule has 0 aromatic rings. The Bertz CT molecular complexity index is 232. The van der Waals surface area contributed by atoms with Crippen LogP contribution in [0.15, 0.2) is 0 Å². The molecule has 0 amide bonds. The van der Waals surface area contributed by atoms with Crippen LogP contribution >= 0.6 is 12.4 Å². The molecule has 18 heavy (non-hydrogen) atoms. The maximum absolute atomic E-state index is 9.98. The average molecular weight is 284 g/mol. The van der Waals surface area contributed by atoms with E-state index in [0.717, 1.165) is 25.7 Å². The number of hydrogen-bond acceptors (Lipinski definition) is 5. The Morgan fingerprint density at radius 3 is 2.39 bits per heavy atom. The van der Waals surface area contributed by atoms with Crippen molar-refractivity contribution in [1.82, 2.24) is 5.32 Å². The lowest BCUT2D eigenvalue weighted by Crippen LogP contribution is -2.69. The van der Waals surface area contributed by atoms with E-state index >= 15 is 0 Å². The zero-order valence-corrected chi connectivity index (χ0v) is 11.7. The fourth-order valence-corrected chi connectivity index (χ4v) is 2.40. The van der Waals surface area contributed by atoms with Crippen molar-refractivity contribution in [2.24, 2.45) is 0 Å². The molecule has 0 spiro atoms. The molecule has 0 aromatic heterocycles. The van der Waals surface area contributed by atoms with Gasteiger partial charge in [0.1, 0.15) is 12.2 Å². The summed E-state index contributed by atoms with van der Waals surface area (Å²) >= 11 is 0. The van der Waals surface area contributed by atoms with Gasteiger partial charge >= 0.3 is 0 Å². The van der Waals surface area contributed by atoms with E-state index in [1.807, 2.05) is 0 Å². The molecule has 0 unspecified atom stereocenters. The molecule has 1 aliphatic rings. The number of piperidine rings is 1. The van der Waals surface area contributed by atoms with Gasteiger partial charge in [-0.05, 0) is 6.42 Å². The number of halogens is 1. The van der Waals surface area contributed by atoms with Gasteiger partial charge in [-0.2, -0.15) is 0 Å². The lowest BCUT2D eigenvalue weighted by molar-refractivity contribution is -0.135. The maximum atomic E-state index is 9.98. The lowest BCUT2D eigenvalue weighted by Gasteiger charge is -2.45. The van der Waals surface area contributed by atoms with Crippen LogP contribution in [-0.4, -0.2) is 57.4 Å². The van der Waals surface area contributed by atoms with Crippen LogP contribution in [0.2, 0.25) is 0 Å². The second-order valence-corrected chi connectivity index (χ2v) is 5.01. The zero-order valence-electron chi connectivity index (χ0n) is 10.9. The van der Waals surface area contributed by atoms with Gasteiger partial charge in [0.2, 0.25) is 0 Å². The molecule has 0 aromatic carbocycles. The number of unbranched alkanes of at least 4 members (excludes halogenated alkanes) is 3. The van der Waals surface area contributed by atoms with Crippen molar-refractivity contribution >= 4 is 12.4 Å². The molecule has 5 N–H and O–H groups in total. The first-order valence-electron chi connectivity index (χ1n) is 6.47. The third-order valence-corrected chi connectivity index (χ3v) is 3.71. The molecule has 1 saturated heterocycles. The van der Waals surface area contributed by atoms with Crippen LogP contribution in [-0.2, 0) is 0 Å². The highest BCUT2D eigenvalue weighted by Crippen LogP contribution is 2.26. The van der Waals surface area contributed by atoms with E-state index in [1.54, 1.807) is 0 Å². The van der Waals surface area contributed by atoms with Crippen LogP contribution in [0, 0.1) is 0 Å². The second-order valence-electron chi connectivity index (χ2n) is 5.01. The molecule has 1 fully saturated rings. The van der Waals surface area contributed by atoms with E-state index in [0.29, 0.717) is 6.42 Å². The van der Waals surface area contributed by atoms with E-state index in [1.165, 1.54) is 0 Å². The maximum Gasteiger partial charge on any atom is 0.109 e. The van der Waals surface area contributed by atoms with Crippen molar-refractivity contribution in [2.75, 3.05) is 13.2 Å². The Labute approximate surface area is 115 Å². The molecule has 0 bridgehead atoms. The van der Waals surface area contributed by atoms with Crippen LogP contribution < -0.4 is 5.32 Å². The van der Waals surface area contributed by atoms with Crippen LogP contribution in [0.1, 0.15) is 39.0 Å². The number of aliphatic hydroxyl groups is 4. The largest absolute Gasteiger partial charge is 0.394 e. The standard InChI is InChI=1S/C12H25NO4.ClH/c1-2-3-4-5-6-12(8-14)11(17)10(16)9(15)7-13-12;/h9-11,13-17H,2-8H2,1H3;1H/t9-,10+,11-,12+;/m0./s1. The summed E-state index contributed by atoms with van der Waals surface area (Å²) in [7, 11) is 0. The topological polar surface area (TPSA) is 93.0 Å². The Hall–Kier alpha value is 0.0900. The molecule has 1 heterocycles. The van der Waals surface area contributed by atoms with E-state index in [4.69, 9.17) is 0 Å². The Kier molecular flexibility index (Phi) is 8.34. The third kappa shape index (κ3) is 4.05. The van der Waals surface area contributed by atoms with E-state index in [2.05, 4.69) is 12.2 Å². The van der Waals surface area contributed by atoms with Crippen LogP contribution in [0.4, 0.5) is 0 Å². The molecule has 1 rings (SSSR count). The average Bonchev–Trinajstić information content (AvgIpc) is 2.35. The van der Waals surface area contributed by atoms with Gasteiger partial charge in [0.05, 0.1) is 18.2 Å². The summed E-state index contributed by atoms with van der Waals surface area (Å²) in [6, 6.07) is 0. The van der Waals surface area contributed by atoms with Gasteiger partial charge in [0, 0.05) is 6.54 Å². The summed E-state index contributed by atoms with van der Waals surface area (Å²) in [4.78, 5) is 0. The van der Waals surface area contributed by atoms with Crippen LogP contribution in [0.3, 0.4) is 0 Å². The van der Waals surface area contributed by atoms with Crippen LogP contribution in [0.25, 0.3) is 0 Å². The number of hydrogen-bond donors (Lipinski definition) is 5. The van der Waals surface area contributed by atoms with Crippen molar-refractivity contribution in [3.8, 4) is 0 Å². The highest BCUT2D eigenvalue weighted by atomic mass is 35.5. The van der Waals surface area contributed by atoms with Crippen molar-refractivity contribution in [2.45, 2.75) is 62.9 Å². The van der Waals surface area contributed by atoms with Gasteiger partial charge in [-0.3, -0.25) is 0 Å². The fraction of sp³-hybridized carbons (Fsp3) is 1.00. The molecule has 0 aliphatic carbocycles. The minimum Gasteiger partial charge on any atom is -0.394 e. The van der Waals surface area contributed by atoms with Gasteiger partial charge in [-0.15, -0.1) is 12.4 Å². The van der Waals surface area contributed by atoms with Crippen molar-refractivity contribution in [3.63, 3.8) is 0 Å². The molecule has 5 nitrogen and oxygen atoms in total. The molecule has 0 radical (unpaired) electrons. The summed E-state index contributed by atoms with van der Waals surface area (Å²) < 4.78 is 0. The minimum atomic E-state index is -1.19. The number of aliphatic hydroxyl groups excluding tert-OH is 4. The van der Waals surface area contributed by atoms with Gasteiger partial charge < -0.3 is 25.7 Å². The number of nitrogens with one attached hydrogen (secondary N) is 1. The first-order chi connectivity index (χ1) is 8.07. The predicted molar refractivity (Wildman–Crippen MR) is 71.8 cm³/mol. The summed E-state index contributed by atoms with van der Waals surface area (Å²) in [5, 5.41) is 41.5. The molecule has 1 aliphatic heterocycles. The second kappa shape index (κ2) is 8.30. The van der Waals surface area contributed by atoms with Crippen LogP contribution in [0.5, 0.6) is 0 Å². The summed E-state index contributed by atoms with van der Waals surface area (Å²) in [5.74, 6) is 0. The number of rotatable bonds is 6. The summed E-state index contributed by atoms with van der Waals surface area (Å²) in [6.07, 6.45) is 1.51. The normalized spacial score (nSPS) is 36.2. The molecule has 6 heteroatoms. The monoisotopic (exact) mass is 283 g/mol. The van der Waals surface area contributed by atoms with E-state index in [9.17, 15) is 20.4 Å².